The maximum Gasteiger partial charge on any atom is 0.410 e. The molecule has 3 aliphatic rings. The molecule has 3 aliphatic heterocycles. The first-order valence-electron chi connectivity index (χ1n) is 14.2. The van der Waals surface area contributed by atoms with Crippen LogP contribution in [0.1, 0.15) is 46.1 Å². The summed E-state index contributed by atoms with van der Waals surface area (Å²) in [6.45, 7) is 9.54. The zero-order chi connectivity index (χ0) is 31.7. The van der Waals surface area contributed by atoms with Crippen LogP contribution in [0, 0.1) is 5.92 Å². The van der Waals surface area contributed by atoms with Crippen molar-refractivity contribution in [2.45, 2.75) is 57.7 Å². The van der Waals surface area contributed by atoms with E-state index in [0.717, 1.165) is 0 Å². The number of benzene rings is 1. The Morgan fingerprint density at radius 2 is 1.63 bits per heavy atom. The summed E-state index contributed by atoms with van der Waals surface area (Å²) >= 11 is 13.5. The first kappa shape index (κ1) is 32.8. The highest BCUT2D eigenvalue weighted by atomic mass is 35.5. The third-order valence-electron chi connectivity index (χ3n) is 8.33. The Balaban J connectivity index is 1.92. The zero-order valence-corrected chi connectivity index (χ0v) is 26.2. The highest BCUT2D eigenvalue weighted by molar-refractivity contribution is 6.36. The second kappa shape index (κ2) is 12.9. The summed E-state index contributed by atoms with van der Waals surface area (Å²) in [6.07, 6.45) is 1.10. The number of halogens is 2. The number of nitrogens with one attached hydrogen (secondary N) is 1. The predicted molar refractivity (Wildman–Crippen MR) is 161 cm³/mol. The number of piperidine rings is 1. The van der Waals surface area contributed by atoms with E-state index in [1.54, 1.807) is 45.9 Å². The lowest BCUT2D eigenvalue weighted by Crippen LogP contribution is -2.57. The van der Waals surface area contributed by atoms with Gasteiger partial charge >= 0.3 is 18.0 Å². The molecule has 1 amide bonds. The van der Waals surface area contributed by atoms with E-state index < -0.39 is 41.1 Å². The number of rotatable bonds is 7. The number of amides is 1. The maximum absolute atomic E-state index is 13.4. The predicted octanol–water partition coefficient (Wildman–Crippen LogP) is 3.95. The van der Waals surface area contributed by atoms with E-state index in [0.29, 0.717) is 32.5 Å². The van der Waals surface area contributed by atoms with Gasteiger partial charge in [-0.15, -0.1) is 0 Å². The number of carbonyl (C=O) groups excluding carboxylic acids is 2. The van der Waals surface area contributed by atoms with E-state index in [9.17, 15) is 29.4 Å². The van der Waals surface area contributed by atoms with Crippen molar-refractivity contribution >= 4 is 47.5 Å². The Morgan fingerprint density at radius 1 is 1.05 bits per heavy atom. The zero-order valence-electron chi connectivity index (χ0n) is 24.7. The van der Waals surface area contributed by atoms with Gasteiger partial charge in [-0.3, -0.25) is 9.69 Å². The monoisotopic (exact) mass is 636 g/mol. The smallest absolute Gasteiger partial charge is 0.410 e. The molecule has 3 heterocycles. The van der Waals surface area contributed by atoms with Crippen molar-refractivity contribution in [2.24, 2.45) is 5.92 Å². The van der Waals surface area contributed by atoms with Crippen LogP contribution in [0.4, 0.5) is 4.79 Å². The third kappa shape index (κ3) is 6.26. The van der Waals surface area contributed by atoms with Gasteiger partial charge in [-0.2, -0.15) is 0 Å². The number of hydrogen-bond acceptors (Lipinski definition) is 8. The van der Waals surface area contributed by atoms with Gasteiger partial charge in [-0.05, 0) is 58.6 Å². The number of piperazine rings is 1. The molecule has 0 saturated carbocycles. The summed E-state index contributed by atoms with van der Waals surface area (Å²) in [5, 5.41) is 25.1. The summed E-state index contributed by atoms with van der Waals surface area (Å²) in [5.74, 6) is -3.36. The van der Waals surface area contributed by atoms with Gasteiger partial charge in [0.1, 0.15) is 11.8 Å². The van der Waals surface area contributed by atoms with Crippen molar-refractivity contribution in [2.75, 3.05) is 39.3 Å². The molecule has 4 rings (SSSR count). The fourth-order valence-electron chi connectivity index (χ4n) is 6.57. The summed E-state index contributed by atoms with van der Waals surface area (Å²) in [4.78, 5) is 56.8. The third-order valence-corrected chi connectivity index (χ3v) is 8.96. The van der Waals surface area contributed by atoms with Crippen molar-refractivity contribution in [1.29, 1.82) is 0 Å². The minimum atomic E-state index is -1.80. The number of hydrogen-bond donors (Lipinski definition) is 3. The van der Waals surface area contributed by atoms with Crippen molar-refractivity contribution in [3.63, 3.8) is 0 Å². The van der Waals surface area contributed by atoms with Crippen LogP contribution in [0.25, 0.3) is 0 Å². The standard InChI is InChI=1S/C30H38Cl2N4O7/c1-18-24(27(40)41)30(25-21(31)6-5-7-22(25)32,19-8-12-35(13-9-19)28(42)43-29(2,3)4)20(26(38)39)16-36(18)23(17-37)34-14-10-33-11-15-34/h5-7,16-17,19,23,33H,8-15H2,1-4H3,(H,38,39)(H,40,41). The number of nitrogens with zero attached hydrogens (tertiary/aromatic N) is 3. The largest absolute Gasteiger partial charge is 0.478 e. The molecule has 0 spiro atoms. The van der Waals surface area contributed by atoms with E-state index in [1.165, 1.54) is 16.0 Å². The molecular formula is C30H38Cl2N4O7. The minimum Gasteiger partial charge on any atom is -0.478 e. The lowest BCUT2D eigenvalue weighted by atomic mass is 9.57. The molecule has 0 aromatic heterocycles. The van der Waals surface area contributed by atoms with Gasteiger partial charge in [-0.25, -0.2) is 14.4 Å². The Kier molecular flexibility index (Phi) is 9.80. The number of carboxylic acids is 2. The Hall–Kier alpha value is -3.12. The molecule has 13 heteroatoms. The number of ether oxygens (including phenoxy) is 1. The molecule has 11 nitrogen and oxygen atoms in total. The maximum atomic E-state index is 13.4. The summed E-state index contributed by atoms with van der Waals surface area (Å²) < 4.78 is 5.54. The van der Waals surface area contributed by atoms with Gasteiger partial charge in [0.05, 0.1) is 16.6 Å². The van der Waals surface area contributed by atoms with E-state index >= 15 is 0 Å². The van der Waals surface area contributed by atoms with E-state index in [4.69, 9.17) is 27.9 Å². The highest BCUT2D eigenvalue weighted by Crippen LogP contribution is 2.56. The van der Waals surface area contributed by atoms with Crippen LogP contribution in [0.15, 0.2) is 41.2 Å². The summed E-state index contributed by atoms with van der Waals surface area (Å²) in [5.41, 5.74) is -2.61. The van der Waals surface area contributed by atoms with Crippen LogP contribution in [0.2, 0.25) is 10.0 Å². The molecule has 2 atom stereocenters. The van der Waals surface area contributed by atoms with Crippen molar-refractivity contribution in [3.05, 3.63) is 56.9 Å². The lowest BCUT2D eigenvalue weighted by molar-refractivity contribution is -0.136. The topological polar surface area (TPSA) is 140 Å². The molecule has 3 N–H and O–H groups in total. The van der Waals surface area contributed by atoms with Crippen LogP contribution in [0.3, 0.4) is 0 Å². The molecule has 2 unspecified atom stereocenters. The van der Waals surface area contributed by atoms with Crippen molar-refractivity contribution in [3.8, 4) is 0 Å². The van der Waals surface area contributed by atoms with Crippen LogP contribution in [-0.4, -0.2) is 100 Å². The molecule has 1 aromatic carbocycles. The summed E-state index contributed by atoms with van der Waals surface area (Å²) in [7, 11) is 0. The molecular weight excluding hydrogens is 599 g/mol. The molecule has 2 fully saturated rings. The molecule has 0 radical (unpaired) electrons. The van der Waals surface area contributed by atoms with Gasteiger partial charge in [-0.1, -0.05) is 29.3 Å². The SMILES string of the molecule is CC1=C(C(=O)O)C(c2c(Cl)cccc2Cl)(C2CCN(C(=O)OC(C)(C)C)CC2)C(C(=O)O)=CN1C(C=O)N1CCNCC1. The Morgan fingerprint density at radius 3 is 2.12 bits per heavy atom. The van der Waals surface area contributed by atoms with Crippen molar-refractivity contribution in [1.82, 2.24) is 20.0 Å². The average Bonchev–Trinajstić information content (AvgIpc) is 2.93. The van der Waals surface area contributed by atoms with E-state index in [-0.39, 0.29) is 58.4 Å². The van der Waals surface area contributed by atoms with Crippen LogP contribution in [-0.2, 0) is 24.5 Å². The Bertz CT molecular complexity index is 1320. The number of aliphatic carboxylic acids is 2. The fourth-order valence-corrected chi connectivity index (χ4v) is 7.26. The fraction of sp³-hybridized carbons (Fsp3) is 0.533. The van der Waals surface area contributed by atoms with Gasteiger partial charge < -0.3 is 30.1 Å². The number of allylic oxidation sites excluding steroid dienone is 1. The molecule has 234 valence electrons. The normalized spacial score (nSPS) is 23.1. The van der Waals surface area contributed by atoms with Gasteiger partial charge in [0.15, 0.2) is 6.29 Å². The van der Waals surface area contributed by atoms with Crippen LogP contribution < -0.4 is 5.32 Å². The average molecular weight is 638 g/mol. The highest BCUT2D eigenvalue weighted by Gasteiger charge is 2.57. The van der Waals surface area contributed by atoms with E-state index in [2.05, 4.69) is 5.32 Å². The molecule has 2 saturated heterocycles. The van der Waals surface area contributed by atoms with Gasteiger partial charge in [0.25, 0.3) is 0 Å². The second-order valence-corrected chi connectivity index (χ2v) is 12.8. The quantitative estimate of drug-likeness (QED) is 0.377. The molecule has 1 aromatic rings. The van der Waals surface area contributed by atoms with Crippen molar-refractivity contribution < 1.29 is 34.1 Å². The molecule has 43 heavy (non-hydrogen) atoms. The van der Waals surface area contributed by atoms with Gasteiger partial charge in [0.2, 0.25) is 0 Å². The molecule has 0 aliphatic carbocycles. The Labute approximate surface area is 261 Å². The van der Waals surface area contributed by atoms with Crippen LogP contribution in [0.5, 0.6) is 0 Å². The first-order chi connectivity index (χ1) is 20.2. The van der Waals surface area contributed by atoms with E-state index in [1.807, 2.05) is 4.90 Å². The minimum absolute atomic E-state index is 0.114. The lowest BCUT2D eigenvalue weighted by Gasteiger charge is -2.51. The summed E-state index contributed by atoms with van der Waals surface area (Å²) in [6, 6.07) is 4.71. The second-order valence-electron chi connectivity index (χ2n) is 12.0. The number of aldehydes is 1. The van der Waals surface area contributed by atoms with Gasteiger partial charge in [0, 0.05) is 66.8 Å². The van der Waals surface area contributed by atoms with Crippen LogP contribution >= 0.6 is 23.2 Å². The molecule has 0 bridgehead atoms. The number of likely N-dealkylation sites (tertiary alicyclic amines) is 1. The number of carbonyl (C=O) groups is 4. The number of carboxylic acid groups (broad SMARTS) is 2. The first-order valence-corrected chi connectivity index (χ1v) is 15.0.